The molecule has 0 unspecified atom stereocenters. The molecular weight excluding hydrogens is 218 g/mol. The fourth-order valence-electron chi connectivity index (χ4n) is 2.68. The third-order valence-electron chi connectivity index (χ3n) is 3.97. The molecule has 0 aromatic rings. The summed E-state index contributed by atoms with van der Waals surface area (Å²) in [6, 6.07) is 0. The van der Waals surface area contributed by atoms with Crippen LogP contribution in [0.15, 0.2) is 0 Å². The lowest BCUT2D eigenvalue weighted by Gasteiger charge is -2.27. The summed E-state index contributed by atoms with van der Waals surface area (Å²) in [4.78, 5) is 23.0. The van der Waals surface area contributed by atoms with Gasteiger partial charge in [-0.05, 0) is 25.2 Å². The van der Waals surface area contributed by atoms with E-state index in [2.05, 4.69) is 5.32 Å². The van der Waals surface area contributed by atoms with Gasteiger partial charge < -0.3 is 10.4 Å². The summed E-state index contributed by atoms with van der Waals surface area (Å²) in [6.07, 6.45) is 6.92. The highest BCUT2D eigenvalue weighted by Gasteiger charge is 2.35. The Kier molecular flexibility index (Phi) is 4.02. The molecule has 2 fully saturated rings. The SMILES string of the molecule is O=C(O)[C@H]1CCCC[C@H]1C(=O)NCCC1CC1. The Morgan fingerprint density at radius 1 is 1.06 bits per heavy atom. The summed E-state index contributed by atoms with van der Waals surface area (Å²) in [5.41, 5.74) is 0. The minimum atomic E-state index is -0.813. The van der Waals surface area contributed by atoms with Gasteiger partial charge in [-0.1, -0.05) is 25.7 Å². The zero-order valence-corrected chi connectivity index (χ0v) is 10.2. The van der Waals surface area contributed by atoms with E-state index < -0.39 is 11.9 Å². The van der Waals surface area contributed by atoms with Gasteiger partial charge in [0.15, 0.2) is 0 Å². The molecule has 17 heavy (non-hydrogen) atoms. The molecule has 0 aromatic carbocycles. The minimum Gasteiger partial charge on any atom is -0.481 e. The van der Waals surface area contributed by atoms with E-state index in [9.17, 15) is 9.59 Å². The topological polar surface area (TPSA) is 66.4 Å². The van der Waals surface area contributed by atoms with Crippen molar-refractivity contribution in [2.45, 2.75) is 44.9 Å². The number of carbonyl (C=O) groups excluding carboxylic acids is 1. The molecule has 2 rings (SSSR count). The molecule has 0 aromatic heterocycles. The van der Waals surface area contributed by atoms with Crippen molar-refractivity contribution in [3.63, 3.8) is 0 Å². The van der Waals surface area contributed by atoms with Crippen molar-refractivity contribution in [3.05, 3.63) is 0 Å². The average Bonchev–Trinajstić information content (AvgIpc) is 3.13. The number of carbonyl (C=O) groups is 2. The molecule has 1 amide bonds. The largest absolute Gasteiger partial charge is 0.481 e. The lowest BCUT2D eigenvalue weighted by atomic mass is 9.78. The Balaban J connectivity index is 1.79. The van der Waals surface area contributed by atoms with Crippen LogP contribution in [0.5, 0.6) is 0 Å². The van der Waals surface area contributed by atoms with Gasteiger partial charge in [0.1, 0.15) is 0 Å². The van der Waals surface area contributed by atoms with Crippen molar-refractivity contribution in [3.8, 4) is 0 Å². The molecule has 0 heterocycles. The number of carboxylic acids is 1. The van der Waals surface area contributed by atoms with Gasteiger partial charge in [0.2, 0.25) is 5.91 Å². The van der Waals surface area contributed by atoms with E-state index in [1.807, 2.05) is 0 Å². The molecule has 2 aliphatic carbocycles. The maximum atomic E-state index is 11.9. The van der Waals surface area contributed by atoms with Crippen LogP contribution in [-0.2, 0) is 9.59 Å². The van der Waals surface area contributed by atoms with Crippen molar-refractivity contribution < 1.29 is 14.7 Å². The Bertz CT molecular complexity index is 299. The number of rotatable bonds is 5. The third kappa shape index (κ3) is 3.45. The van der Waals surface area contributed by atoms with Crippen LogP contribution in [0.4, 0.5) is 0 Å². The number of hydrogen-bond donors (Lipinski definition) is 2. The molecule has 2 aliphatic rings. The first kappa shape index (κ1) is 12.4. The molecule has 0 bridgehead atoms. The second-order valence-electron chi connectivity index (χ2n) is 5.36. The highest BCUT2D eigenvalue weighted by atomic mass is 16.4. The summed E-state index contributed by atoms with van der Waals surface area (Å²) in [5, 5.41) is 12.0. The van der Waals surface area contributed by atoms with Gasteiger partial charge in [-0.25, -0.2) is 0 Å². The zero-order valence-electron chi connectivity index (χ0n) is 10.2. The molecule has 4 heteroatoms. The van der Waals surface area contributed by atoms with E-state index in [1.165, 1.54) is 12.8 Å². The van der Waals surface area contributed by atoms with E-state index in [-0.39, 0.29) is 11.8 Å². The van der Waals surface area contributed by atoms with Gasteiger partial charge in [0.25, 0.3) is 0 Å². The Morgan fingerprint density at radius 3 is 2.29 bits per heavy atom. The summed E-state index contributed by atoms with van der Waals surface area (Å²) < 4.78 is 0. The lowest BCUT2D eigenvalue weighted by molar-refractivity contribution is -0.148. The highest BCUT2D eigenvalue weighted by molar-refractivity contribution is 5.84. The van der Waals surface area contributed by atoms with E-state index >= 15 is 0 Å². The first-order valence-electron chi connectivity index (χ1n) is 6.69. The van der Waals surface area contributed by atoms with Gasteiger partial charge in [-0.2, -0.15) is 0 Å². The van der Waals surface area contributed by atoms with Gasteiger partial charge in [-0.3, -0.25) is 9.59 Å². The second kappa shape index (κ2) is 5.52. The summed E-state index contributed by atoms with van der Waals surface area (Å²) in [5.74, 6) is -0.827. The van der Waals surface area contributed by atoms with Crippen molar-refractivity contribution in [2.75, 3.05) is 6.54 Å². The molecule has 2 N–H and O–H groups in total. The molecule has 0 radical (unpaired) electrons. The Morgan fingerprint density at radius 2 is 1.71 bits per heavy atom. The maximum Gasteiger partial charge on any atom is 0.307 e. The molecule has 2 atom stereocenters. The number of amides is 1. The van der Waals surface area contributed by atoms with Gasteiger partial charge in [0.05, 0.1) is 11.8 Å². The smallest absolute Gasteiger partial charge is 0.307 e. The van der Waals surface area contributed by atoms with Gasteiger partial charge >= 0.3 is 5.97 Å². The number of hydrogen-bond acceptors (Lipinski definition) is 2. The van der Waals surface area contributed by atoms with Crippen LogP contribution in [0.1, 0.15) is 44.9 Å². The Hall–Kier alpha value is -1.06. The summed E-state index contributed by atoms with van der Waals surface area (Å²) >= 11 is 0. The van der Waals surface area contributed by atoms with Crippen LogP contribution in [0.25, 0.3) is 0 Å². The van der Waals surface area contributed by atoms with Crippen molar-refractivity contribution in [1.29, 1.82) is 0 Å². The van der Waals surface area contributed by atoms with Crippen LogP contribution >= 0.6 is 0 Å². The molecule has 96 valence electrons. The van der Waals surface area contributed by atoms with Crippen molar-refractivity contribution in [2.24, 2.45) is 17.8 Å². The molecule has 0 spiro atoms. The van der Waals surface area contributed by atoms with Crippen LogP contribution in [0, 0.1) is 17.8 Å². The molecule has 4 nitrogen and oxygen atoms in total. The van der Waals surface area contributed by atoms with Crippen LogP contribution < -0.4 is 5.32 Å². The zero-order chi connectivity index (χ0) is 12.3. The monoisotopic (exact) mass is 239 g/mol. The fraction of sp³-hybridized carbons (Fsp3) is 0.846. The van der Waals surface area contributed by atoms with Crippen molar-refractivity contribution >= 4 is 11.9 Å². The predicted molar refractivity (Wildman–Crippen MR) is 63.4 cm³/mol. The van der Waals surface area contributed by atoms with E-state index in [1.54, 1.807) is 0 Å². The summed E-state index contributed by atoms with van der Waals surface area (Å²) in [6.45, 7) is 0.715. The summed E-state index contributed by atoms with van der Waals surface area (Å²) in [7, 11) is 0. The third-order valence-corrected chi connectivity index (χ3v) is 3.97. The average molecular weight is 239 g/mol. The van der Waals surface area contributed by atoms with Crippen LogP contribution in [0.3, 0.4) is 0 Å². The molecular formula is C13H21NO3. The normalized spacial score (nSPS) is 28.7. The first-order chi connectivity index (χ1) is 8.18. The van der Waals surface area contributed by atoms with Crippen molar-refractivity contribution in [1.82, 2.24) is 5.32 Å². The quantitative estimate of drug-likeness (QED) is 0.768. The second-order valence-corrected chi connectivity index (χ2v) is 5.36. The molecule has 2 saturated carbocycles. The first-order valence-corrected chi connectivity index (χ1v) is 6.69. The standard InChI is InChI=1S/C13H21NO3/c15-12(14-8-7-9-5-6-9)10-3-1-2-4-11(10)13(16)17/h9-11H,1-8H2,(H,14,15)(H,16,17)/t10-,11+/m1/s1. The molecule has 0 saturated heterocycles. The predicted octanol–water partition coefficient (Wildman–Crippen LogP) is 1.79. The number of nitrogens with one attached hydrogen (secondary N) is 1. The fourth-order valence-corrected chi connectivity index (χ4v) is 2.68. The van der Waals surface area contributed by atoms with E-state index in [0.717, 1.165) is 31.6 Å². The highest BCUT2D eigenvalue weighted by Crippen LogP contribution is 2.32. The van der Waals surface area contributed by atoms with Crippen LogP contribution in [0.2, 0.25) is 0 Å². The molecule has 0 aliphatic heterocycles. The maximum absolute atomic E-state index is 11.9. The van der Waals surface area contributed by atoms with E-state index in [0.29, 0.717) is 13.0 Å². The minimum absolute atomic E-state index is 0.0437. The lowest BCUT2D eigenvalue weighted by Crippen LogP contribution is -2.40. The van der Waals surface area contributed by atoms with Gasteiger partial charge in [-0.15, -0.1) is 0 Å². The van der Waals surface area contributed by atoms with Gasteiger partial charge in [0, 0.05) is 6.54 Å². The number of carboxylic acid groups (broad SMARTS) is 1. The Labute approximate surface area is 102 Å². The van der Waals surface area contributed by atoms with Crippen LogP contribution in [-0.4, -0.2) is 23.5 Å². The van der Waals surface area contributed by atoms with E-state index in [4.69, 9.17) is 5.11 Å². The number of aliphatic carboxylic acids is 1.